The average Bonchev–Trinajstić information content (AvgIpc) is 3.41. The fraction of sp³-hybridized carbons (Fsp3) is 0.571. The van der Waals surface area contributed by atoms with Crippen LogP contribution in [0.2, 0.25) is 0 Å². The van der Waals surface area contributed by atoms with E-state index in [9.17, 15) is 23.2 Å². The molecule has 33 heavy (non-hydrogen) atoms. The molecule has 1 aliphatic carbocycles. The highest BCUT2D eigenvalue weighted by molar-refractivity contribution is 5.96. The second-order valence-electron chi connectivity index (χ2n) is 8.64. The lowest BCUT2D eigenvalue weighted by Gasteiger charge is -2.31. The molecule has 2 amide bonds. The summed E-state index contributed by atoms with van der Waals surface area (Å²) in [4.78, 5) is 35.1. The molecule has 1 saturated carbocycles. The fourth-order valence-electron chi connectivity index (χ4n) is 3.92. The molecular formula is C21H28F2N6O4. The number of hydrogen-bond acceptors (Lipinski definition) is 5. The van der Waals surface area contributed by atoms with Gasteiger partial charge in [-0.25, -0.2) is 13.6 Å². The maximum Gasteiger partial charge on any atom is 0.337 e. The number of rotatable bonds is 10. The van der Waals surface area contributed by atoms with Crippen molar-refractivity contribution in [3.63, 3.8) is 0 Å². The molecule has 180 valence electrons. The van der Waals surface area contributed by atoms with E-state index in [0.29, 0.717) is 37.3 Å². The van der Waals surface area contributed by atoms with Gasteiger partial charge in [-0.2, -0.15) is 0 Å². The van der Waals surface area contributed by atoms with E-state index < -0.39 is 35.5 Å². The molecule has 1 unspecified atom stereocenters. The molecule has 1 atom stereocenters. The SMILES string of the molecule is Cc1c(C(=O)O)ccn1CCn1cc(CNC(=O)CC(=O)NCC2(C)CCCC2(F)F)nn1. The van der Waals surface area contributed by atoms with Gasteiger partial charge in [0.15, 0.2) is 0 Å². The predicted octanol–water partition coefficient (Wildman–Crippen LogP) is 1.73. The number of nitrogens with one attached hydrogen (secondary N) is 2. The lowest BCUT2D eigenvalue weighted by atomic mass is 9.85. The summed E-state index contributed by atoms with van der Waals surface area (Å²) in [6.07, 6.45) is 3.42. The number of carbonyl (C=O) groups excluding carboxylic acids is 2. The molecule has 2 aromatic heterocycles. The van der Waals surface area contributed by atoms with Gasteiger partial charge in [0.2, 0.25) is 11.8 Å². The molecule has 3 rings (SSSR count). The largest absolute Gasteiger partial charge is 0.478 e. The van der Waals surface area contributed by atoms with Crippen LogP contribution in [0.15, 0.2) is 18.5 Å². The lowest BCUT2D eigenvalue weighted by molar-refractivity contribution is -0.131. The molecule has 3 N–H and O–H groups in total. The number of nitrogens with zero attached hydrogens (tertiary/aromatic N) is 4. The van der Waals surface area contributed by atoms with Crippen molar-refractivity contribution in [2.75, 3.05) is 6.54 Å². The van der Waals surface area contributed by atoms with Crippen molar-refractivity contribution >= 4 is 17.8 Å². The average molecular weight is 466 g/mol. The van der Waals surface area contributed by atoms with Crippen molar-refractivity contribution in [3.05, 3.63) is 35.4 Å². The third kappa shape index (κ3) is 5.74. The Morgan fingerprint density at radius 2 is 1.91 bits per heavy atom. The molecule has 0 saturated heterocycles. The summed E-state index contributed by atoms with van der Waals surface area (Å²) < 4.78 is 31.3. The summed E-state index contributed by atoms with van der Waals surface area (Å²) >= 11 is 0. The molecule has 0 aliphatic heterocycles. The van der Waals surface area contributed by atoms with E-state index >= 15 is 0 Å². The molecule has 12 heteroatoms. The molecule has 0 aromatic carbocycles. The van der Waals surface area contributed by atoms with Crippen LogP contribution in [-0.4, -0.2) is 54.9 Å². The van der Waals surface area contributed by atoms with E-state index in [0.717, 1.165) is 0 Å². The number of amides is 2. The smallest absolute Gasteiger partial charge is 0.337 e. The highest BCUT2D eigenvalue weighted by atomic mass is 19.3. The van der Waals surface area contributed by atoms with Crippen LogP contribution in [0.3, 0.4) is 0 Å². The Labute approximate surface area is 189 Å². The number of halogens is 2. The van der Waals surface area contributed by atoms with Crippen molar-refractivity contribution in [1.29, 1.82) is 0 Å². The van der Waals surface area contributed by atoms with Crippen LogP contribution < -0.4 is 10.6 Å². The molecule has 1 aliphatic rings. The molecular weight excluding hydrogens is 438 g/mol. The number of alkyl halides is 2. The first kappa shape index (κ1) is 24.3. The van der Waals surface area contributed by atoms with Crippen LogP contribution in [0.25, 0.3) is 0 Å². The summed E-state index contributed by atoms with van der Waals surface area (Å²) in [5.41, 5.74) is 0.0786. The number of aromatic nitrogens is 4. The van der Waals surface area contributed by atoms with E-state index in [2.05, 4.69) is 20.9 Å². The van der Waals surface area contributed by atoms with Crippen molar-refractivity contribution in [1.82, 2.24) is 30.2 Å². The molecule has 0 radical (unpaired) electrons. The first-order valence-corrected chi connectivity index (χ1v) is 10.7. The zero-order chi connectivity index (χ0) is 24.2. The van der Waals surface area contributed by atoms with Crippen LogP contribution in [0.5, 0.6) is 0 Å². The van der Waals surface area contributed by atoms with Gasteiger partial charge in [0.1, 0.15) is 12.1 Å². The first-order chi connectivity index (χ1) is 15.5. The van der Waals surface area contributed by atoms with Crippen molar-refractivity contribution < 1.29 is 28.3 Å². The number of aryl methyl sites for hydroxylation is 2. The number of carbonyl (C=O) groups is 3. The lowest BCUT2D eigenvalue weighted by Crippen LogP contribution is -2.44. The number of aromatic carboxylic acids is 1. The van der Waals surface area contributed by atoms with Crippen molar-refractivity contribution in [2.24, 2.45) is 5.41 Å². The van der Waals surface area contributed by atoms with Gasteiger partial charge < -0.3 is 20.3 Å². The second kappa shape index (κ2) is 9.67. The topological polar surface area (TPSA) is 131 Å². The van der Waals surface area contributed by atoms with E-state index in [1.54, 1.807) is 28.6 Å². The van der Waals surface area contributed by atoms with E-state index in [4.69, 9.17) is 5.11 Å². The van der Waals surface area contributed by atoms with Gasteiger partial charge in [0.25, 0.3) is 5.92 Å². The van der Waals surface area contributed by atoms with Gasteiger partial charge in [-0.3, -0.25) is 14.3 Å². The summed E-state index contributed by atoms with van der Waals surface area (Å²) in [5.74, 6) is -4.96. The van der Waals surface area contributed by atoms with Crippen LogP contribution >= 0.6 is 0 Å². The maximum atomic E-state index is 14.0. The Kier molecular flexibility index (Phi) is 7.13. The highest BCUT2D eigenvalue weighted by Gasteiger charge is 2.53. The molecule has 2 aromatic rings. The van der Waals surface area contributed by atoms with Crippen LogP contribution in [0, 0.1) is 12.3 Å². The summed E-state index contributed by atoms with van der Waals surface area (Å²) in [6, 6.07) is 1.54. The second-order valence-corrected chi connectivity index (χ2v) is 8.64. The third-order valence-electron chi connectivity index (χ3n) is 6.19. The van der Waals surface area contributed by atoms with Crippen molar-refractivity contribution in [2.45, 2.75) is 65.1 Å². The Morgan fingerprint density at radius 1 is 1.18 bits per heavy atom. The zero-order valence-corrected chi connectivity index (χ0v) is 18.6. The highest BCUT2D eigenvalue weighted by Crippen LogP contribution is 2.49. The Morgan fingerprint density at radius 3 is 2.55 bits per heavy atom. The molecule has 1 fully saturated rings. The monoisotopic (exact) mass is 466 g/mol. The maximum absolute atomic E-state index is 14.0. The minimum absolute atomic E-state index is 0.0631. The third-order valence-corrected chi connectivity index (χ3v) is 6.19. The van der Waals surface area contributed by atoms with Crippen molar-refractivity contribution in [3.8, 4) is 0 Å². The van der Waals surface area contributed by atoms with Crippen LogP contribution in [0.1, 0.15) is 54.4 Å². The quantitative estimate of drug-likeness (QED) is 0.457. The molecule has 0 spiro atoms. The first-order valence-electron chi connectivity index (χ1n) is 10.7. The Hall–Kier alpha value is -3.31. The summed E-state index contributed by atoms with van der Waals surface area (Å²) in [6.45, 7) is 4.00. The minimum atomic E-state index is -2.83. The van der Waals surface area contributed by atoms with Gasteiger partial charge >= 0.3 is 5.97 Å². The van der Waals surface area contributed by atoms with Crippen LogP contribution in [0.4, 0.5) is 8.78 Å². The molecule has 2 heterocycles. The molecule has 0 bridgehead atoms. The van der Waals surface area contributed by atoms with E-state index in [1.807, 2.05) is 0 Å². The fourth-order valence-corrected chi connectivity index (χ4v) is 3.92. The predicted molar refractivity (Wildman–Crippen MR) is 113 cm³/mol. The normalized spacial score (nSPS) is 19.4. The van der Waals surface area contributed by atoms with Gasteiger partial charge in [-0.1, -0.05) is 12.1 Å². The summed E-state index contributed by atoms with van der Waals surface area (Å²) in [5, 5.41) is 22.0. The standard InChI is InChI=1S/C21H28F2N6O4/c1-14-16(19(32)33)4-7-28(14)8-9-29-12-15(26-27-29)11-24-17(30)10-18(31)25-13-20(2)5-3-6-21(20,22)23/h4,7,12H,3,5-6,8-11,13H2,1-2H3,(H,24,30)(H,25,31)(H,32,33). The molecule has 10 nitrogen and oxygen atoms in total. The number of hydrogen-bond donors (Lipinski definition) is 3. The van der Waals surface area contributed by atoms with E-state index in [1.165, 1.54) is 13.0 Å². The Bertz CT molecular complexity index is 1030. The van der Waals surface area contributed by atoms with Gasteiger partial charge in [0, 0.05) is 36.8 Å². The Balaban J connectivity index is 1.40. The van der Waals surface area contributed by atoms with Gasteiger partial charge in [0.05, 0.1) is 24.8 Å². The van der Waals surface area contributed by atoms with Gasteiger partial charge in [-0.15, -0.1) is 5.10 Å². The number of carboxylic acids is 1. The number of carboxylic acid groups (broad SMARTS) is 1. The minimum Gasteiger partial charge on any atom is -0.478 e. The zero-order valence-electron chi connectivity index (χ0n) is 18.6. The summed E-state index contributed by atoms with van der Waals surface area (Å²) in [7, 11) is 0. The van der Waals surface area contributed by atoms with E-state index in [-0.39, 0.29) is 25.1 Å². The van der Waals surface area contributed by atoms with Gasteiger partial charge in [-0.05, 0) is 25.8 Å². The van der Waals surface area contributed by atoms with Crippen LogP contribution in [-0.2, 0) is 29.2 Å².